The van der Waals surface area contributed by atoms with Crippen molar-refractivity contribution in [2.24, 2.45) is 5.73 Å². The molecule has 2 rings (SSSR count). The Morgan fingerprint density at radius 3 is 2.72 bits per heavy atom. The highest BCUT2D eigenvalue weighted by Crippen LogP contribution is 2.17. The van der Waals surface area contributed by atoms with Crippen molar-refractivity contribution in [3.8, 4) is 11.8 Å². The molecule has 0 spiro atoms. The van der Waals surface area contributed by atoms with Crippen LogP contribution in [-0.2, 0) is 18.0 Å². The maximum absolute atomic E-state index is 5.70. The van der Waals surface area contributed by atoms with Crippen LogP contribution >= 0.6 is 11.3 Å². The molecule has 0 aliphatic heterocycles. The van der Waals surface area contributed by atoms with Gasteiger partial charge in [-0.15, -0.1) is 11.3 Å². The van der Waals surface area contributed by atoms with Crippen LogP contribution in [-0.4, -0.2) is 6.54 Å². The van der Waals surface area contributed by atoms with E-state index in [1.54, 1.807) is 11.3 Å². The Kier molecular flexibility index (Phi) is 4.98. The van der Waals surface area contributed by atoms with Crippen molar-refractivity contribution in [1.29, 1.82) is 0 Å². The maximum atomic E-state index is 5.70. The summed E-state index contributed by atoms with van der Waals surface area (Å²) in [5.41, 5.74) is 7.58. The standard InChI is InChI=1S/C15H15NOS/c16-9-4-7-14-8-10-18-15(14)12-17-11-13-5-2-1-3-6-13/h1-3,5-6,8,10H,9,11-12,16H2. The Balaban J connectivity index is 1.89. The molecule has 2 N–H and O–H groups in total. The van der Waals surface area contributed by atoms with E-state index in [0.717, 1.165) is 10.4 Å². The number of hydrogen-bond acceptors (Lipinski definition) is 3. The zero-order valence-electron chi connectivity index (χ0n) is 10.1. The predicted octanol–water partition coefficient (Wildman–Crippen LogP) is 2.78. The zero-order chi connectivity index (χ0) is 12.6. The minimum Gasteiger partial charge on any atom is -0.371 e. The predicted molar refractivity (Wildman–Crippen MR) is 75.2 cm³/mol. The van der Waals surface area contributed by atoms with E-state index in [0.29, 0.717) is 19.8 Å². The lowest BCUT2D eigenvalue weighted by Gasteiger charge is -2.03. The number of ether oxygens (including phenoxy) is 1. The highest BCUT2D eigenvalue weighted by atomic mass is 32.1. The maximum Gasteiger partial charge on any atom is 0.0826 e. The largest absolute Gasteiger partial charge is 0.371 e. The van der Waals surface area contributed by atoms with Gasteiger partial charge in [0.05, 0.1) is 19.8 Å². The van der Waals surface area contributed by atoms with Crippen molar-refractivity contribution in [3.05, 3.63) is 57.8 Å². The molecule has 0 saturated heterocycles. The summed E-state index contributed by atoms with van der Waals surface area (Å²) in [6.45, 7) is 1.61. The number of rotatable bonds is 4. The molecule has 0 saturated carbocycles. The summed E-state index contributed by atoms with van der Waals surface area (Å²) in [5, 5.41) is 2.03. The molecule has 0 aliphatic carbocycles. The normalized spacial score (nSPS) is 9.83. The summed E-state index contributed by atoms with van der Waals surface area (Å²) in [7, 11) is 0. The first kappa shape index (κ1) is 12.8. The van der Waals surface area contributed by atoms with Crippen molar-refractivity contribution in [1.82, 2.24) is 0 Å². The Labute approximate surface area is 111 Å². The molecule has 18 heavy (non-hydrogen) atoms. The molecule has 92 valence electrons. The number of hydrogen-bond donors (Lipinski definition) is 1. The molecule has 0 bridgehead atoms. The van der Waals surface area contributed by atoms with Gasteiger partial charge in [-0.3, -0.25) is 0 Å². The summed E-state index contributed by atoms with van der Waals surface area (Å²) in [4.78, 5) is 1.16. The van der Waals surface area contributed by atoms with Crippen LogP contribution in [0.15, 0.2) is 41.8 Å². The van der Waals surface area contributed by atoms with E-state index in [1.807, 2.05) is 29.6 Å². The highest BCUT2D eigenvalue weighted by Gasteiger charge is 2.02. The summed E-state index contributed by atoms with van der Waals surface area (Å²) in [6.07, 6.45) is 0. The third kappa shape index (κ3) is 3.71. The lowest BCUT2D eigenvalue weighted by molar-refractivity contribution is 0.109. The van der Waals surface area contributed by atoms with Crippen molar-refractivity contribution in [2.45, 2.75) is 13.2 Å². The number of benzene rings is 1. The fourth-order valence-electron chi connectivity index (χ4n) is 1.55. The Hall–Kier alpha value is -1.60. The lowest BCUT2D eigenvalue weighted by atomic mass is 10.2. The molecule has 2 aromatic rings. The van der Waals surface area contributed by atoms with Crippen LogP contribution in [0.5, 0.6) is 0 Å². The molecule has 1 aromatic carbocycles. The summed E-state index contributed by atoms with van der Waals surface area (Å²) in [5.74, 6) is 5.93. The first-order valence-electron chi connectivity index (χ1n) is 5.77. The van der Waals surface area contributed by atoms with Crippen molar-refractivity contribution in [2.75, 3.05) is 6.54 Å². The Morgan fingerprint density at radius 1 is 1.11 bits per heavy atom. The molecule has 2 nitrogen and oxygen atoms in total. The first-order chi connectivity index (χ1) is 8.90. The molecular formula is C15H15NOS. The molecule has 1 aromatic heterocycles. The van der Waals surface area contributed by atoms with Gasteiger partial charge < -0.3 is 10.5 Å². The Morgan fingerprint density at radius 2 is 1.94 bits per heavy atom. The third-order valence-electron chi connectivity index (χ3n) is 2.42. The van der Waals surface area contributed by atoms with Crippen LogP contribution in [0.3, 0.4) is 0 Å². The summed E-state index contributed by atoms with van der Waals surface area (Å²) >= 11 is 1.67. The smallest absolute Gasteiger partial charge is 0.0826 e. The van der Waals surface area contributed by atoms with Gasteiger partial charge in [-0.25, -0.2) is 0 Å². The lowest BCUT2D eigenvalue weighted by Crippen LogP contribution is -1.95. The van der Waals surface area contributed by atoms with Crippen molar-refractivity contribution < 1.29 is 4.74 Å². The van der Waals surface area contributed by atoms with E-state index < -0.39 is 0 Å². The average Bonchev–Trinajstić information content (AvgIpc) is 2.85. The van der Waals surface area contributed by atoms with Gasteiger partial charge in [-0.2, -0.15) is 0 Å². The van der Waals surface area contributed by atoms with Gasteiger partial charge in [0.25, 0.3) is 0 Å². The van der Waals surface area contributed by atoms with E-state index in [9.17, 15) is 0 Å². The van der Waals surface area contributed by atoms with Crippen LogP contribution in [0.2, 0.25) is 0 Å². The summed E-state index contributed by atoms with van der Waals surface area (Å²) in [6, 6.07) is 12.2. The first-order valence-corrected chi connectivity index (χ1v) is 6.65. The van der Waals surface area contributed by atoms with Crippen molar-refractivity contribution in [3.63, 3.8) is 0 Å². The van der Waals surface area contributed by atoms with Crippen LogP contribution in [0, 0.1) is 11.8 Å². The third-order valence-corrected chi connectivity index (χ3v) is 3.31. The molecule has 3 heteroatoms. The van der Waals surface area contributed by atoms with Gasteiger partial charge in [0, 0.05) is 10.4 Å². The SMILES string of the molecule is NCC#Cc1ccsc1COCc1ccccc1. The van der Waals surface area contributed by atoms with Crippen LogP contribution in [0.1, 0.15) is 16.0 Å². The minimum absolute atomic E-state index is 0.389. The van der Waals surface area contributed by atoms with Gasteiger partial charge in [-0.1, -0.05) is 42.2 Å². The zero-order valence-corrected chi connectivity index (χ0v) is 10.9. The van der Waals surface area contributed by atoms with Crippen molar-refractivity contribution >= 4 is 11.3 Å². The van der Waals surface area contributed by atoms with Crippen LogP contribution < -0.4 is 5.73 Å². The van der Waals surface area contributed by atoms with E-state index in [1.165, 1.54) is 5.56 Å². The topological polar surface area (TPSA) is 35.2 Å². The summed E-state index contributed by atoms with van der Waals surface area (Å²) < 4.78 is 5.70. The minimum atomic E-state index is 0.389. The van der Waals surface area contributed by atoms with Crippen LogP contribution in [0.25, 0.3) is 0 Å². The van der Waals surface area contributed by atoms with Gasteiger partial charge in [-0.05, 0) is 17.0 Å². The number of thiophene rings is 1. The molecule has 0 fully saturated rings. The van der Waals surface area contributed by atoms with E-state index in [-0.39, 0.29) is 0 Å². The second-order valence-electron chi connectivity index (χ2n) is 3.74. The van der Waals surface area contributed by atoms with Crippen LogP contribution in [0.4, 0.5) is 0 Å². The average molecular weight is 257 g/mol. The van der Waals surface area contributed by atoms with E-state index in [4.69, 9.17) is 10.5 Å². The molecule has 0 atom stereocenters. The molecule has 0 aliphatic rings. The monoisotopic (exact) mass is 257 g/mol. The molecular weight excluding hydrogens is 242 g/mol. The van der Waals surface area contributed by atoms with Gasteiger partial charge in [0.2, 0.25) is 0 Å². The fraction of sp³-hybridized carbons (Fsp3) is 0.200. The van der Waals surface area contributed by atoms with Gasteiger partial charge in [0.15, 0.2) is 0 Å². The quantitative estimate of drug-likeness (QED) is 0.855. The second-order valence-corrected chi connectivity index (χ2v) is 4.74. The molecule has 0 radical (unpaired) electrons. The second kappa shape index (κ2) is 6.97. The molecule has 0 amide bonds. The van der Waals surface area contributed by atoms with E-state index in [2.05, 4.69) is 24.0 Å². The molecule has 0 unspecified atom stereocenters. The van der Waals surface area contributed by atoms with Gasteiger partial charge >= 0.3 is 0 Å². The number of nitrogens with two attached hydrogens (primary N) is 1. The molecule has 1 heterocycles. The Bertz CT molecular complexity index is 536. The van der Waals surface area contributed by atoms with E-state index >= 15 is 0 Å². The highest BCUT2D eigenvalue weighted by molar-refractivity contribution is 7.10. The fourth-order valence-corrected chi connectivity index (χ4v) is 2.31. The van der Waals surface area contributed by atoms with Gasteiger partial charge in [0.1, 0.15) is 0 Å².